The molecule has 0 saturated heterocycles. The molecule has 0 aliphatic heterocycles. The molecule has 0 heterocycles. The molecule has 68 heavy (non-hydrogen) atoms. The van der Waals surface area contributed by atoms with E-state index < -0.39 is 26.5 Å². The average Bonchev–Trinajstić information content (AvgIpc) is 3.30. The molecule has 0 saturated carbocycles. The van der Waals surface area contributed by atoms with E-state index in [0.717, 1.165) is 96.3 Å². The van der Waals surface area contributed by atoms with Crippen LogP contribution in [0, 0.1) is 0 Å². The number of allylic oxidation sites excluding steroid dienone is 18. The fourth-order valence-electron chi connectivity index (χ4n) is 6.67. The highest BCUT2D eigenvalue weighted by Crippen LogP contribution is 2.43. The molecule has 388 valence electrons. The quantitative estimate of drug-likeness (QED) is 0.0211. The van der Waals surface area contributed by atoms with Crippen molar-refractivity contribution in [1.82, 2.24) is 0 Å². The molecular weight excluding hydrogens is 870 g/mol. The third-order valence-electron chi connectivity index (χ3n) is 10.8. The number of carbonyl (C=O) groups excluding carboxylic acids is 2. The Balaban J connectivity index is 4.37. The van der Waals surface area contributed by atoms with Crippen LogP contribution in [0.1, 0.15) is 194 Å². The van der Waals surface area contributed by atoms with Gasteiger partial charge in [0, 0.05) is 12.8 Å². The molecule has 0 aliphatic rings. The van der Waals surface area contributed by atoms with E-state index in [4.69, 9.17) is 18.5 Å². The normalized spacial score (nSPS) is 14.3. The van der Waals surface area contributed by atoms with E-state index in [1.54, 1.807) is 0 Å². The smallest absolute Gasteiger partial charge is 0.462 e. The van der Waals surface area contributed by atoms with Crippen molar-refractivity contribution in [3.8, 4) is 0 Å². The van der Waals surface area contributed by atoms with E-state index in [-0.39, 0.29) is 32.0 Å². The summed E-state index contributed by atoms with van der Waals surface area (Å²) in [6.07, 6.45) is 67.2. The minimum atomic E-state index is -4.40. The summed E-state index contributed by atoms with van der Waals surface area (Å²) in [5.74, 6) is -0.862. The molecular formula is C58H99NO8P+. The summed E-state index contributed by atoms with van der Waals surface area (Å²) in [4.78, 5) is 35.6. The zero-order chi connectivity index (χ0) is 49.9. The Hall–Kier alpha value is -3.33. The van der Waals surface area contributed by atoms with Crippen LogP contribution in [0.2, 0.25) is 0 Å². The summed E-state index contributed by atoms with van der Waals surface area (Å²) in [5.41, 5.74) is 0. The largest absolute Gasteiger partial charge is 0.472 e. The second-order valence-electron chi connectivity index (χ2n) is 18.5. The molecule has 2 atom stereocenters. The number of phosphoric acid groups is 1. The van der Waals surface area contributed by atoms with Crippen LogP contribution < -0.4 is 0 Å². The van der Waals surface area contributed by atoms with Crippen LogP contribution in [0.15, 0.2) is 109 Å². The lowest BCUT2D eigenvalue weighted by atomic mass is 10.1. The van der Waals surface area contributed by atoms with Gasteiger partial charge in [0.2, 0.25) is 0 Å². The molecule has 2 unspecified atom stereocenters. The monoisotopic (exact) mass is 969 g/mol. The Morgan fingerprint density at radius 2 is 0.838 bits per heavy atom. The van der Waals surface area contributed by atoms with Gasteiger partial charge < -0.3 is 18.9 Å². The number of rotatable bonds is 47. The van der Waals surface area contributed by atoms with E-state index in [1.165, 1.54) is 64.2 Å². The summed E-state index contributed by atoms with van der Waals surface area (Å²) >= 11 is 0. The number of esters is 2. The van der Waals surface area contributed by atoms with Crippen molar-refractivity contribution in [1.29, 1.82) is 0 Å². The molecule has 0 aromatic rings. The van der Waals surface area contributed by atoms with Crippen LogP contribution in [0.3, 0.4) is 0 Å². The molecule has 0 radical (unpaired) electrons. The van der Waals surface area contributed by atoms with E-state index in [9.17, 15) is 19.0 Å². The van der Waals surface area contributed by atoms with Crippen molar-refractivity contribution in [3.05, 3.63) is 109 Å². The highest BCUT2D eigenvalue weighted by atomic mass is 31.2. The predicted octanol–water partition coefficient (Wildman–Crippen LogP) is 16.2. The minimum Gasteiger partial charge on any atom is -0.462 e. The lowest BCUT2D eigenvalue weighted by Crippen LogP contribution is -2.37. The van der Waals surface area contributed by atoms with Gasteiger partial charge in [-0.2, -0.15) is 0 Å². The molecule has 0 aromatic carbocycles. The molecule has 0 bridgehead atoms. The fraction of sp³-hybridized carbons (Fsp3) is 0.655. The summed E-state index contributed by atoms with van der Waals surface area (Å²) < 4.78 is 34.4. The molecule has 0 rings (SSSR count). The second kappa shape index (κ2) is 48.7. The minimum absolute atomic E-state index is 0.0163. The maximum Gasteiger partial charge on any atom is 0.472 e. The molecule has 0 spiro atoms. The van der Waals surface area contributed by atoms with Gasteiger partial charge in [0.15, 0.2) is 6.10 Å². The number of unbranched alkanes of at least 4 members (excludes halogenated alkanes) is 15. The standard InChI is InChI=1S/C58H98NO8P/c1-6-8-10-12-14-16-18-20-22-24-25-26-27-28-29-30-31-32-33-35-37-39-41-43-45-47-49-51-58(61)67-56(55-66-68(62,63)65-53-52-59(3,4)5)54-64-57(60)50-48-46-44-42-40-38-36-34-23-21-19-17-15-13-11-9-7-2/h8,10,14,16,20-23,25-26,28-29,31-32,35,37,41,43,56H,6-7,9,11-13,15,17-19,24,27,30,33-34,36,38-40,42,44-55H2,1-5H3/p+1/b10-8-,16-14-,22-20-,23-21-,26-25-,29-28-,32-31-,37-35-,43-41-. The van der Waals surface area contributed by atoms with Gasteiger partial charge in [-0.15, -0.1) is 0 Å². The van der Waals surface area contributed by atoms with Crippen LogP contribution in [0.25, 0.3) is 0 Å². The zero-order valence-corrected chi connectivity index (χ0v) is 44.7. The molecule has 0 amide bonds. The molecule has 9 nitrogen and oxygen atoms in total. The number of quaternary nitrogens is 1. The second-order valence-corrected chi connectivity index (χ2v) is 20.0. The van der Waals surface area contributed by atoms with Gasteiger partial charge in [-0.1, -0.05) is 187 Å². The Bertz CT molecular complexity index is 1520. The van der Waals surface area contributed by atoms with Crippen LogP contribution >= 0.6 is 7.82 Å². The van der Waals surface area contributed by atoms with E-state index in [0.29, 0.717) is 17.4 Å². The summed E-state index contributed by atoms with van der Waals surface area (Å²) in [7, 11) is 1.43. The molecule has 0 fully saturated rings. The summed E-state index contributed by atoms with van der Waals surface area (Å²) in [6.45, 7) is 4.24. The van der Waals surface area contributed by atoms with Crippen LogP contribution in [0.4, 0.5) is 0 Å². The zero-order valence-electron chi connectivity index (χ0n) is 43.8. The Labute approximate surface area is 416 Å². The van der Waals surface area contributed by atoms with Gasteiger partial charge in [0.05, 0.1) is 27.7 Å². The Morgan fingerprint density at radius 3 is 1.29 bits per heavy atom. The number of likely N-dealkylation sites (N-methyl/N-ethyl adjacent to an activating group) is 1. The van der Waals surface area contributed by atoms with E-state index >= 15 is 0 Å². The third-order valence-corrected chi connectivity index (χ3v) is 11.8. The van der Waals surface area contributed by atoms with Crippen LogP contribution in [0.5, 0.6) is 0 Å². The Morgan fingerprint density at radius 1 is 0.471 bits per heavy atom. The SMILES string of the molecule is CC/C=C\C/C=C\C/C=C\C/C=C\C/C=C\C/C=C\C/C=C\C/C=C\CCCCC(=O)OC(COC(=O)CCCCCCCCC/C=C\CCCCCCCC)COP(=O)(O)OCC[N+](C)(C)C. The van der Waals surface area contributed by atoms with Gasteiger partial charge >= 0.3 is 19.8 Å². The summed E-state index contributed by atoms with van der Waals surface area (Å²) in [5, 5.41) is 0. The number of ether oxygens (including phenoxy) is 2. The Kier molecular flexibility index (Phi) is 46.3. The highest BCUT2D eigenvalue weighted by Gasteiger charge is 2.27. The van der Waals surface area contributed by atoms with Crippen molar-refractivity contribution < 1.29 is 42.1 Å². The van der Waals surface area contributed by atoms with Gasteiger partial charge in [0.25, 0.3) is 0 Å². The van der Waals surface area contributed by atoms with Crippen LogP contribution in [-0.2, 0) is 32.7 Å². The number of hydrogen-bond donors (Lipinski definition) is 1. The summed E-state index contributed by atoms with van der Waals surface area (Å²) in [6, 6.07) is 0. The van der Waals surface area contributed by atoms with Crippen molar-refractivity contribution in [3.63, 3.8) is 0 Å². The van der Waals surface area contributed by atoms with Gasteiger partial charge in [-0.3, -0.25) is 18.6 Å². The average molecular weight is 969 g/mol. The first kappa shape index (κ1) is 64.7. The van der Waals surface area contributed by atoms with Crippen LogP contribution in [-0.4, -0.2) is 74.9 Å². The first-order valence-electron chi connectivity index (χ1n) is 26.6. The topological polar surface area (TPSA) is 108 Å². The molecule has 0 aliphatic carbocycles. The van der Waals surface area contributed by atoms with Crippen molar-refractivity contribution >= 4 is 19.8 Å². The number of hydrogen-bond acceptors (Lipinski definition) is 7. The van der Waals surface area contributed by atoms with E-state index in [1.807, 2.05) is 21.1 Å². The maximum absolute atomic E-state index is 12.8. The number of nitrogens with zero attached hydrogens (tertiary/aromatic N) is 1. The lowest BCUT2D eigenvalue weighted by Gasteiger charge is -2.24. The van der Waals surface area contributed by atoms with Gasteiger partial charge in [-0.25, -0.2) is 4.57 Å². The van der Waals surface area contributed by atoms with E-state index in [2.05, 4.69) is 123 Å². The molecule has 0 aromatic heterocycles. The highest BCUT2D eigenvalue weighted by molar-refractivity contribution is 7.47. The third kappa shape index (κ3) is 52.0. The maximum atomic E-state index is 12.8. The number of carbonyl (C=O) groups is 2. The molecule has 1 N–H and O–H groups in total. The predicted molar refractivity (Wildman–Crippen MR) is 288 cm³/mol. The molecule has 10 heteroatoms. The van der Waals surface area contributed by atoms with Gasteiger partial charge in [-0.05, 0) is 103 Å². The fourth-order valence-corrected chi connectivity index (χ4v) is 7.41. The van der Waals surface area contributed by atoms with Crippen molar-refractivity contribution in [2.75, 3.05) is 47.5 Å². The van der Waals surface area contributed by atoms with Crippen molar-refractivity contribution in [2.45, 2.75) is 200 Å². The first-order chi connectivity index (χ1) is 33.0. The van der Waals surface area contributed by atoms with Crippen molar-refractivity contribution in [2.24, 2.45) is 0 Å². The van der Waals surface area contributed by atoms with Gasteiger partial charge in [0.1, 0.15) is 19.8 Å². The first-order valence-corrected chi connectivity index (χ1v) is 28.1. The number of phosphoric ester groups is 1. The lowest BCUT2D eigenvalue weighted by molar-refractivity contribution is -0.870.